The van der Waals surface area contributed by atoms with Gasteiger partial charge in [-0.2, -0.15) is 0 Å². The highest BCUT2D eigenvalue weighted by Gasteiger charge is 2.51. The topological polar surface area (TPSA) is 0 Å². The van der Waals surface area contributed by atoms with Gasteiger partial charge in [-0.25, -0.2) is 0 Å². The van der Waals surface area contributed by atoms with Gasteiger partial charge in [0.05, 0.1) is 0 Å². The van der Waals surface area contributed by atoms with Gasteiger partial charge in [0.2, 0.25) is 0 Å². The fraction of sp³-hybridized carbons (Fsp3) is 0.419. The number of hydrogen-bond donors (Lipinski definition) is 0. The van der Waals surface area contributed by atoms with Crippen LogP contribution in [0.3, 0.4) is 0 Å². The zero-order valence-electron chi connectivity index (χ0n) is 19.0. The molecule has 4 aliphatic carbocycles. The van der Waals surface area contributed by atoms with E-state index in [4.69, 9.17) is 0 Å². The van der Waals surface area contributed by atoms with E-state index < -0.39 is 0 Å². The third-order valence-corrected chi connectivity index (χ3v) is 8.66. The van der Waals surface area contributed by atoms with Gasteiger partial charge in [0, 0.05) is 0 Å². The predicted molar refractivity (Wildman–Crippen MR) is 131 cm³/mol. The fourth-order valence-corrected chi connectivity index (χ4v) is 7.40. The van der Waals surface area contributed by atoms with Crippen molar-refractivity contribution in [3.8, 4) is 22.3 Å². The van der Waals surface area contributed by atoms with E-state index in [9.17, 15) is 0 Å². The molecule has 3 aromatic carbocycles. The van der Waals surface area contributed by atoms with Crippen LogP contribution in [0.1, 0.15) is 69.4 Å². The highest BCUT2D eigenvalue weighted by Crippen LogP contribution is 2.60. The first-order valence-corrected chi connectivity index (χ1v) is 12.4. The largest absolute Gasteiger partial charge is 0.0587 e. The molecule has 31 heavy (non-hydrogen) atoms. The average molecular weight is 407 g/mol. The van der Waals surface area contributed by atoms with Crippen LogP contribution in [-0.4, -0.2) is 0 Å². The highest BCUT2D eigenvalue weighted by atomic mass is 14.6. The Balaban J connectivity index is 1.22. The highest BCUT2D eigenvalue weighted by molar-refractivity contribution is 5.70. The molecule has 4 aliphatic rings. The number of benzene rings is 3. The molecular weight excluding hydrogens is 372 g/mol. The molecule has 7 rings (SSSR count). The lowest BCUT2D eigenvalue weighted by Gasteiger charge is -2.57. The molecule has 0 aliphatic heterocycles. The second-order valence-electron chi connectivity index (χ2n) is 11.1. The SMILES string of the molecule is CC(C)c1ccc(-c2ccc(-c3ccc(C45CC6CC(CC(C6)C4)C5)cc3)cc2)cc1. The molecule has 3 aromatic rings. The van der Waals surface area contributed by atoms with E-state index in [1.54, 1.807) is 5.56 Å². The molecule has 0 aromatic heterocycles. The molecule has 158 valence electrons. The van der Waals surface area contributed by atoms with E-state index in [1.807, 2.05) is 0 Å². The van der Waals surface area contributed by atoms with Crippen molar-refractivity contribution < 1.29 is 0 Å². The van der Waals surface area contributed by atoms with Crippen LogP contribution in [0.2, 0.25) is 0 Å². The lowest BCUT2D eigenvalue weighted by molar-refractivity contribution is -0.00518. The third kappa shape index (κ3) is 3.45. The zero-order valence-corrected chi connectivity index (χ0v) is 19.0. The molecule has 4 bridgehead atoms. The normalized spacial score (nSPS) is 28.9. The minimum absolute atomic E-state index is 0.499. The molecule has 0 N–H and O–H groups in total. The van der Waals surface area contributed by atoms with Gasteiger partial charge in [-0.05, 0) is 101 Å². The molecule has 4 saturated carbocycles. The summed E-state index contributed by atoms with van der Waals surface area (Å²) in [6, 6.07) is 27.8. The Kier molecular flexibility index (Phi) is 4.60. The second kappa shape index (κ2) is 7.37. The Hall–Kier alpha value is -2.34. The first kappa shape index (κ1) is 19.4. The molecule has 0 radical (unpaired) electrons. The maximum Gasteiger partial charge on any atom is -0.00391 e. The quantitative estimate of drug-likeness (QED) is 0.407. The van der Waals surface area contributed by atoms with Gasteiger partial charge < -0.3 is 0 Å². The minimum atomic E-state index is 0.499. The Morgan fingerprint density at radius 3 is 1.29 bits per heavy atom. The van der Waals surface area contributed by atoms with Crippen molar-refractivity contribution in [1.29, 1.82) is 0 Å². The molecule has 0 amide bonds. The number of rotatable bonds is 4. The summed E-state index contributed by atoms with van der Waals surface area (Å²) in [4.78, 5) is 0. The summed E-state index contributed by atoms with van der Waals surface area (Å²) in [6.45, 7) is 4.50. The van der Waals surface area contributed by atoms with Gasteiger partial charge in [-0.1, -0.05) is 86.6 Å². The summed E-state index contributed by atoms with van der Waals surface area (Å²) in [5, 5.41) is 0. The first-order chi connectivity index (χ1) is 15.1. The van der Waals surface area contributed by atoms with Gasteiger partial charge in [0.1, 0.15) is 0 Å². The van der Waals surface area contributed by atoms with Crippen LogP contribution in [0.25, 0.3) is 22.3 Å². The first-order valence-electron chi connectivity index (χ1n) is 12.4. The van der Waals surface area contributed by atoms with Crippen molar-refractivity contribution in [2.24, 2.45) is 17.8 Å². The van der Waals surface area contributed by atoms with Crippen molar-refractivity contribution >= 4 is 0 Å². The Morgan fingerprint density at radius 2 is 0.903 bits per heavy atom. The van der Waals surface area contributed by atoms with E-state index in [2.05, 4.69) is 86.6 Å². The summed E-state index contributed by atoms with van der Waals surface area (Å²) in [5.74, 6) is 3.60. The van der Waals surface area contributed by atoms with Crippen LogP contribution in [0.4, 0.5) is 0 Å². The maximum absolute atomic E-state index is 2.46. The summed E-state index contributed by atoms with van der Waals surface area (Å²) in [6.07, 6.45) is 8.89. The van der Waals surface area contributed by atoms with Crippen molar-refractivity contribution in [1.82, 2.24) is 0 Å². The van der Waals surface area contributed by atoms with Crippen LogP contribution in [0.15, 0.2) is 72.8 Å². The second-order valence-corrected chi connectivity index (χ2v) is 11.1. The molecule has 0 heterocycles. The van der Waals surface area contributed by atoms with Crippen LogP contribution >= 0.6 is 0 Å². The standard InChI is InChI=1S/C31H34/c1-21(2)25-3-5-26(6-4-25)27-7-9-28(10-8-27)29-11-13-30(14-12-29)31-18-22-15-23(19-31)17-24(16-22)20-31/h3-14,21-24H,15-20H2,1-2H3. The molecular formula is C31H34. The molecule has 0 nitrogen and oxygen atoms in total. The minimum Gasteiger partial charge on any atom is -0.0587 e. The lowest BCUT2D eigenvalue weighted by Crippen LogP contribution is -2.48. The smallest absolute Gasteiger partial charge is 0.00391 e. The molecule has 4 fully saturated rings. The molecule has 0 unspecified atom stereocenters. The summed E-state index contributed by atoms with van der Waals surface area (Å²) >= 11 is 0. The van der Waals surface area contributed by atoms with Gasteiger partial charge in [0.25, 0.3) is 0 Å². The summed E-state index contributed by atoms with van der Waals surface area (Å²) in [5.41, 5.74) is 8.78. The van der Waals surface area contributed by atoms with Crippen LogP contribution in [0, 0.1) is 17.8 Å². The molecule has 0 spiro atoms. The Bertz CT molecular complexity index is 1020. The van der Waals surface area contributed by atoms with Crippen molar-refractivity contribution in [2.45, 2.75) is 63.7 Å². The van der Waals surface area contributed by atoms with Crippen LogP contribution < -0.4 is 0 Å². The Morgan fingerprint density at radius 1 is 0.548 bits per heavy atom. The van der Waals surface area contributed by atoms with E-state index in [1.165, 1.54) is 66.3 Å². The lowest BCUT2D eigenvalue weighted by atomic mass is 9.48. The van der Waals surface area contributed by atoms with Gasteiger partial charge in [0.15, 0.2) is 0 Å². The average Bonchev–Trinajstić information content (AvgIpc) is 2.78. The van der Waals surface area contributed by atoms with E-state index in [0.717, 1.165) is 17.8 Å². The Labute approximate surface area is 187 Å². The third-order valence-electron chi connectivity index (χ3n) is 8.66. The summed E-state index contributed by atoms with van der Waals surface area (Å²) < 4.78 is 0. The fourth-order valence-electron chi connectivity index (χ4n) is 7.40. The van der Waals surface area contributed by atoms with Crippen molar-refractivity contribution in [3.05, 3.63) is 83.9 Å². The van der Waals surface area contributed by atoms with Crippen molar-refractivity contribution in [2.75, 3.05) is 0 Å². The van der Waals surface area contributed by atoms with E-state index in [0.29, 0.717) is 11.3 Å². The van der Waals surface area contributed by atoms with Crippen LogP contribution in [-0.2, 0) is 5.41 Å². The van der Waals surface area contributed by atoms with Gasteiger partial charge >= 0.3 is 0 Å². The molecule has 0 saturated heterocycles. The van der Waals surface area contributed by atoms with E-state index >= 15 is 0 Å². The molecule has 0 heteroatoms. The van der Waals surface area contributed by atoms with Gasteiger partial charge in [-0.3, -0.25) is 0 Å². The van der Waals surface area contributed by atoms with E-state index in [-0.39, 0.29) is 0 Å². The van der Waals surface area contributed by atoms with Crippen molar-refractivity contribution in [3.63, 3.8) is 0 Å². The predicted octanol–water partition coefficient (Wildman–Crippen LogP) is 8.61. The number of hydrogen-bond acceptors (Lipinski definition) is 0. The monoisotopic (exact) mass is 406 g/mol. The summed E-state index contributed by atoms with van der Waals surface area (Å²) in [7, 11) is 0. The van der Waals surface area contributed by atoms with Crippen LogP contribution in [0.5, 0.6) is 0 Å². The molecule has 0 atom stereocenters. The van der Waals surface area contributed by atoms with Gasteiger partial charge in [-0.15, -0.1) is 0 Å². The zero-order chi connectivity index (χ0) is 21.0. The maximum atomic E-state index is 2.46.